The van der Waals surface area contributed by atoms with Crippen LogP contribution in [0.15, 0.2) is 79.4 Å². The van der Waals surface area contributed by atoms with Gasteiger partial charge in [-0.2, -0.15) is 0 Å². The van der Waals surface area contributed by atoms with Gasteiger partial charge in [-0.1, -0.05) is 54.6 Å². The molecule has 2 nitrogen and oxygen atoms in total. The van der Waals surface area contributed by atoms with Crippen molar-refractivity contribution in [2.75, 3.05) is 0 Å². The molecule has 0 unspecified atom stereocenters. The van der Waals surface area contributed by atoms with Crippen LogP contribution in [0, 0.1) is 0 Å². The number of rotatable bonds is 3. The number of hydrogen-bond acceptors (Lipinski definition) is 1. The average molecular weight is 299 g/mol. The Morgan fingerprint density at radius 3 is 2.39 bits per heavy atom. The smallest absolute Gasteiger partial charge is 0.126 e. The van der Waals surface area contributed by atoms with Crippen LogP contribution in [0.3, 0.4) is 0 Å². The Bertz CT molecular complexity index is 1010. The van der Waals surface area contributed by atoms with E-state index in [4.69, 9.17) is 0 Å². The molecule has 0 aliphatic heterocycles. The number of benzene rings is 3. The molecule has 0 radical (unpaired) electrons. The van der Waals surface area contributed by atoms with E-state index in [1.54, 1.807) is 0 Å². The zero-order valence-electron chi connectivity index (χ0n) is 12.7. The largest absolute Gasteiger partial charge is 0.507 e. The van der Waals surface area contributed by atoms with E-state index in [0.29, 0.717) is 12.3 Å². The van der Waals surface area contributed by atoms with Gasteiger partial charge in [-0.25, -0.2) is 0 Å². The fourth-order valence-corrected chi connectivity index (χ4v) is 3.27. The average Bonchev–Trinajstić information content (AvgIpc) is 2.91. The molecule has 0 atom stereocenters. The predicted molar refractivity (Wildman–Crippen MR) is 96.7 cm³/mol. The lowest BCUT2D eigenvalue weighted by Crippen LogP contribution is -1.94. The van der Waals surface area contributed by atoms with Gasteiger partial charge in [0.25, 0.3) is 0 Å². The summed E-state index contributed by atoms with van der Waals surface area (Å²) >= 11 is 0. The van der Waals surface area contributed by atoms with Gasteiger partial charge in [0.1, 0.15) is 5.75 Å². The molecule has 0 saturated heterocycles. The van der Waals surface area contributed by atoms with E-state index in [9.17, 15) is 5.11 Å². The van der Waals surface area contributed by atoms with E-state index in [-0.39, 0.29) is 0 Å². The number of allylic oxidation sites excluding steroid dienone is 1. The molecule has 0 amide bonds. The first-order valence-corrected chi connectivity index (χ1v) is 7.70. The maximum atomic E-state index is 10.7. The van der Waals surface area contributed by atoms with Gasteiger partial charge >= 0.3 is 0 Å². The molecule has 0 spiro atoms. The van der Waals surface area contributed by atoms with Crippen molar-refractivity contribution in [3.63, 3.8) is 0 Å². The number of aromatic hydroxyl groups is 1. The Labute approximate surface area is 134 Å². The molecule has 0 aliphatic rings. The third-order valence-electron chi connectivity index (χ3n) is 4.27. The molecule has 4 rings (SSSR count). The fraction of sp³-hybridized carbons (Fsp3) is 0.0476. The second-order valence-electron chi connectivity index (χ2n) is 5.67. The number of aromatic nitrogens is 1. The van der Waals surface area contributed by atoms with E-state index >= 15 is 0 Å². The van der Waals surface area contributed by atoms with E-state index in [1.807, 2.05) is 42.5 Å². The minimum absolute atomic E-state index is 0.320. The first kappa shape index (κ1) is 13.6. The Hall–Kier alpha value is -3.00. The molecule has 3 aromatic carbocycles. The second-order valence-corrected chi connectivity index (χ2v) is 5.67. The topological polar surface area (TPSA) is 25.2 Å². The van der Waals surface area contributed by atoms with Crippen molar-refractivity contribution in [1.29, 1.82) is 0 Å². The molecule has 0 aliphatic carbocycles. The zero-order valence-corrected chi connectivity index (χ0v) is 12.7. The van der Waals surface area contributed by atoms with Gasteiger partial charge < -0.3 is 9.67 Å². The van der Waals surface area contributed by atoms with Crippen molar-refractivity contribution in [2.45, 2.75) is 6.54 Å². The molecular formula is C21H17NO. The third kappa shape index (κ3) is 2.11. The molecule has 2 heteroatoms. The van der Waals surface area contributed by atoms with E-state index in [0.717, 1.165) is 32.9 Å². The van der Waals surface area contributed by atoms with Crippen LogP contribution in [-0.2, 0) is 6.54 Å². The molecule has 0 bridgehead atoms. The van der Waals surface area contributed by atoms with E-state index < -0.39 is 0 Å². The molecule has 1 heterocycles. The Kier molecular flexibility index (Phi) is 3.16. The van der Waals surface area contributed by atoms with Crippen molar-refractivity contribution in [2.24, 2.45) is 0 Å². The SMILES string of the molecule is C=CCn1c2ccccc2c2c(O)cc(-c3ccccc3)cc21. The maximum absolute atomic E-state index is 10.7. The normalized spacial score (nSPS) is 11.1. The second kappa shape index (κ2) is 5.33. The van der Waals surface area contributed by atoms with Crippen LogP contribution < -0.4 is 0 Å². The molecule has 0 fully saturated rings. The van der Waals surface area contributed by atoms with E-state index in [2.05, 4.69) is 41.5 Å². The molecule has 0 saturated carbocycles. The number of para-hydroxylation sites is 1. The summed E-state index contributed by atoms with van der Waals surface area (Å²) in [5.74, 6) is 0.320. The number of phenolic OH excluding ortho intramolecular Hbond substituents is 1. The van der Waals surface area contributed by atoms with Crippen molar-refractivity contribution in [3.05, 3.63) is 79.4 Å². The molecule has 112 valence electrons. The van der Waals surface area contributed by atoms with Crippen LogP contribution in [0.25, 0.3) is 32.9 Å². The standard InChI is InChI=1S/C21H17NO/c1-2-12-22-18-11-7-6-10-17(18)21-19(22)13-16(14-20(21)23)15-8-4-3-5-9-15/h2-11,13-14,23H,1,12H2. The van der Waals surface area contributed by atoms with Crippen LogP contribution in [0.2, 0.25) is 0 Å². The highest BCUT2D eigenvalue weighted by molar-refractivity contribution is 6.12. The van der Waals surface area contributed by atoms with Crippen molar-refractivity contribution in [3.8, 4) is 16.9 Å². The molecule has 4 aromatic rings. The highest BCUT2D eigenvalue weighted by Gasteiger charge is 2.14. The summed E-state index contributed by atoms with van der Waals surface area (Å²) in [5, 5.41) is 12.6. The van der Waals surface area contributed by atoms with Crippen LogP contribution in [-0.4, -0.2) is 9.67 Å². The zero-order chi connectivity index (χ0) is 15.8. The third-order valence-corrected chi connectivity index (χ3v) is 4.27. The Morgan fingerprint density at radius 1 is 0.870 bits per heavy atom. The lowest BCUT2D eigenvalue weighted by atomic mass is 10.0. The van der Waals surface area contributed by atoms with Crippen LogP contribution in [0.5, 0.6) is 5.75 Å². The van der Waals surface area contributed by atoms with Gasteiger partial charge in [-0.3, -0.25) is 0 Å². The summed E-state index contributed by atoms with van der Waals surface area (Å²) in [4.78, 5) is 0. The first-order valence-electron chi connectivity index (χ1n) is 7.70. The predicted octanol–water partition coefficient (Wildman–Crippen LogP) is 5.35. The number of phenols is 1. The molecular weight excluding hydrogens is 282 g/mol. The molecule has 1 N–H and O–H groups in total. The maximum Gasteiger partial charge on any atom is 0.126 e. The first-order chi connectivity index (χ1) is 11.3. The van der Waals surface area contributed by atoms with Gasteiger partial charge in [0.15, 0.2) is 0 Å². The quantitative estimate of drug-likeness (QED) is 0.507. The van der Waals surface area contributed by atoms with Gasteiger partial charge in [0.2, 0.25) is 0 Å². The fourth-order valence-electron chi connectivity index (χ4n) is 3.27. The number of hydrogen-bond donors (Lipinski definition) is 1. The van der Waals surface area contributed by atoms with Crippen LogP contribution in [0.4, 0.5) is 0 Å². The van der Waals surface area contributed by atoms with Gasteiger partial charge in [-0.15, -0.1) is 6.58 Å². The van der Waals surface area contributed by atoms with Crippen molar-refractivity contribution in [1.82, 2.24) is 4.57 Å². The molecule has 1 aromatic heterocycles. The Morgan fingerprint density at radius 2 is 1.61 bits per heavy atom. The highest BCUT2D eigenvalue weighted by Crippen LogP contribution is 2.38. The van der Waals surface area contributed by atoms with Gasteiger partial charge in [-0.05, 0) is 29.3 Å². The van der Waals surface area contributed by atoms with Gasteiger partial charge in [0, 0.05) is 22.8 Å². The molecule has 23 heavy (non-hydrogen) atoms. The highest BCUT2D eigenvalue weighted by atomic mass is 16.3. The minimum atomic E-state index is 0.320. The monoisotopic (exact) mass is 299 g/mol. The summed E-state index contributed by atoms with van der Waals surface area (Å²) in [5.41, 5.74) is 4.26. The minimum Gasteiger partial charge on any atom is -0.507 e. The summed E-state index contributed by atoms with van der Waals surface area (Å²) in [6.45, 7) is 4.58. The number of fused-ring (bicyclic) bond motifs is 3. The van der Waals surface area contributed by atoms with E-state index in [1.165, 1.54) is 0 Å². The van der Waals surface area contributed by atoms with Gasteiger partial charge in [0.05, 0.1) is 5.52 Å². The van der Waals surface area contributed by atoms with Crippen LogP contribution >= 0.6 is 0 Å². The lowest BCUT2D eigenvalue weighted by molar-refractivity contribution is 0.482. The Balaban J connectivity index is 2.11. The lowest BCUT2D eigenvalue weighted by Gasteiger charge is -2.07. The number of nitrogens with zero attached hydrogens (tertiary/aromatic N) is 1. The summed E-state index contributed by atoms with van der Waals surface area (Å²) < 4.78 is 2.20. The summed E-state index contributed by atoms with van der Waals surface area (Å²) in [7, 11) is 0. The summed E-state index contributed by atoms with van der Waals surface area (Å²) in [6, 6.07) is 22.3. The van der Waals surface area contributed by atoms with Crippen molar-refractivity contribution < 1.29 is 5.11 Å². The summed E-state index contributed by atoms with van der Waals surface area (Å²) in [6.07, 6.45) is 1.89. The van der Waals surface area contributed by atoms with Crippen molar-refractivity contribution >= 4 is 21.8 Å². The van der Waals surface area contributed by atoms with Crippen LogP contribution in [0.1, 0.15) is 0 Å².